The number of guanidine groups is 1. The van der Waals surface area contributed by atoms with Crippen LogP contribution in [0.15, 0.2) is 53.5 Å². The summed E-state index contributed by atoms with van der Waals surface area (Å²) in [7, 11) is 0. The fraction of sp³-hybridized carbons (Fsp3) is 0.480. The van der Waals surface area contributed by atoms with Crippen molar-refractivity contribution in [2.75, 3.05) is 26.2 Å². The summed E-state index contributed by atoms with van der Waals surface area (Å²) in [5.41, 5.74) is 5.44. The Morgan fingerprint density at radius 2 is 1.70 bits per heavy atom. The number of aliphatic hydroxyl groups is 1. The topological polar surface area (TPSA) is 51.1 Å². The molecule has 1 saturated heterocycles. The lowest BCUT2D eigenvalue weighted by Crippen LogP contribution is -2.44. The van der Waals surface area contributed by atoms with E-state index in [-0.39, 0.29) is 6.10 Å². The molecule has 160 valence electrons. The number of nitrogens with one attached hydrogen (secondary N) is 1. The standard InChI is InChI=1S/C25H34N4O/c1-2-26-25(29-16-11-22-5-3-4-6-23(22)19-29)27-17-20-7-9-21(10-8-20)18-28-14-12-24(30)13-15-28/h3-10,24,30H,2,11-19H2,1H3,(H,26,27). The first kappa shape index (κ1) is 20.9. The average Bonchev–Trinajstić information content (AvgIpc) is 2.79. The van der Waals surface area contributed by atoms with Crippen LogP contribution in [0.3, 0.4) is 0 Å². The lowest BCUT2D eigenvalue weighted by molar-refractivity contribution is 0.0792. The Bertz CT molecular complexity index is 840. The van der Waals surface area contributed by atoms with Crippen LogP contribution in [0.1, 0.15) is 42.0 Å². The Hall–Kier alpha value is -2.37. The molecule has 2 aliphatic heterocycles. The molecule has 2 heterocycles. The molecule has 4 rings (SSSR count). The number of aliphatic hydroxyl groups excluding tert-OH is 1. The van der Waals surface area contributed by atoms with Gasteiger partial charge in [0, 0.05) is 39.3 Å². The maximum atomic E-state index is 9.67. The van der Waals surface area contributed by atoms with Crippen molar-refractivity contribution in [3.8, 4) is 0 Å². The molecule has 0 spiro atoms. The Morgan fingerprint density at radius 1 is 1.00 bits per heavy atom. The van der Waals surface area contributed by atoms with Crippen molar-refractivity contribution in [1.29, 1.82) is 0 Å². The van der Waals surface area contributed by atoms with Crippen molar-refractivity contribution >= 4 is 5.96 Å². The molecule has 2 aliphatic rings. The van der Waals surface area contributed by atoms with Crippen molar-refractivity contribution in [3.05, 3.63) is 70.8 Å². The van der Waals surface area contributed by atoms with Gasteiger partial charge >= 0.3 is 0 Å². The van der Waals surface area contributed by atoms with E-state index in [0.29, 0.717) is 6.54 Å². The van der Waals surface area contributed by atoms with Gasteiger partial charge in [-0.15, -0.1) is 0 Å². The number of rotatable bonds is 5. The molecular formula is C25H34N4O. The molecule has 2 N–H and O–H groups in total. The second-order valence-electron chi connectivity index (χ2n) is 8.43. The van der Waals surface area contributed by atoms with Crippen LogP contribution in [0.4, 0.5) is 0 Å². The van der Waals surface area contributed by atoms with Gasteiger partial charge < -0.3 is 15.3 Å². The van der Waals surface area contributed by atoms with E-state index in [1.54, 1.807) is 0 Å². The highest BCUT2D eigenvalue weighted by Crippen LogP contribution is 2.19. The van der Waals surface area contributed by atoms with E-state index in [1.165, 1.54) is 22.3 Å². The molecule has 2 aromatic carbocycles. The molecule has 5 heteroatoms. The summed E-state index contributed by atoms with van der Waals surface area (Å²) in [5.74, 6) is 1.00. The highest BCUT2D eigenvalue weighted by molar-refractivity contribution is 5.80. The minimum absolute atomic E-state index is 0.110. The Morgan fingerprint density at radius 3 is 2.43 bits per heavy atom. The fourth-order valence-electron chi connectivity index (χ4n) is 4.35. The number of hydrogen-bond acceptors (Lipinski definition) is 3. The molecule has 0 aromatic heterocycles. The molecule has 2 aromatic rings. The lowest BCUT2D eigenvalue weighted by atomic mass is 10.0. The number of fused-ring (bicyclic) bond motifs is 1. The van der Waals surface area contributed by atoms with Crippen LogP contribution in [0.2, 0.25) is 0 Å². The van der Waals surface area contributed by atoms with Crippen molar-refractivity contribution in [3.63, 3.8) is 0 Å². The van der Waals surface area contributed by atoms with Crippen molar-refractivity contribution in [2.24, 2.45) is 4.99 Å². The van der Waals surface area contributed by atoms with Crippen molar-refractivity contribution in [1.82, 2.24) is 15.1 Å². The van der Waals surface area contributed by atoms with Gasteiger partial charge in [0.25, 0.3) is 0 Å². The summed E-state index contributed by atoms with van der Waals surface area (Å²) in [5, 5.41) is 13.1. The van der Waals surface area contributed by atoms with Crippen molar-refractivity contribution < 1.29 is 5.11 Å². The number of nitrogens with zero attached hydrogens (tertiary/aromatic N) is 3. The van der Waals surface area contributed by atoms with Gasteiger partial charge in [-0.1, -0.05) is 48.5 Å². The maximum absolute atomic E-state index is 9.67. The first-order valence-electron chi connectivity index (χ1n) is 11.3. The molecule has 1 fully saturated rings. The molecule has 0 saturated carbocycles. The summed E-state index contributed by atoms with van der Waals surface area (Å²) >= 11 is 0. The number of likely N-dealkylation sites (tertiary alicyclic amines) is 1. The van der Waals surface area contributed by atoms with E-state index in [1.807, 2.05) is 0 Å². The largest absolute Gasteiger partial charge is 0.393 e. The van der Waals surface area contributed by atoms with Crippen molar-refractivity contribution in [2.45, 2.75) is 51.9 Å². The molecule has 0 aliphatic carbocycles. The number of aliphatic imine (C=N–C) groups is 1. The fourth-order valence-corrected chi connectivity index (χ4v) is 4.35. The first-order valence-corrected chi connectivity index (χ1v) is 11.3. The highest BCUT2D eigenvalue weighted by Gasteiger charge is 2.19. The van der Waals surface area contributed by atoms with Gasteiger partial charge in [-0.25, -0.2) is 4.99 Å². The molecule has 0 radical (unpaired) electrons. The van der Waals surface area contributed by atoms with E-state index in [4.69, 9.17) is 4.99 Å². The van der Waals surface area contributed by atoms with Crippen LogP contribution >= 0.6 is 0 Å². The number of piperidine rings is 1. The van der Waals surface area contributed by atoms with Crippen LogP contribution < -0.4 is 5.32 Å². The second-order valence-corrected chi connectivity index (χ2v) is 8.43. The van der Waals surface area contributed by atoms with Crippen LogP contribution in [-0.2, 0) is 26.1 Å². The van der Waals surface area contributed by atoms with E-state index in [0.717, 1.165) is 64.5 Å². The molecular weight excluding hydrogens is 372 g/mol. The molecule has 5 nitrogen and oxygen atoms in total. The normalized spacial score (nSPS) is 18.3. The summed E-state index contributed by atoms with van der Waals surface area (Å²) in [4.78, 5) is 9.72. The van der Waals surface area contributed by atoms with Gasteiger partial charge in [0.15, 0.2) is 5.96 Å². The summed E-state index contributed by atoms with van der Waals surface area (Å²) in [6, 6.07) is 17.6. The third kappa shape index (κ3) is 5.41. The smallest absolute Gasteiger partial charge is 0.194 e. The van der Waals surface area contributed by atoms with Gasteiger partial charge in [-0.2, -0.15) is 0 Å². The maximum Gasteiger partial charge on any atom is 0.194 e. The van der Waals surface area contributed by atoms with Crippen LogP contribution in [0, 0.1) is 0 Å². The molecule has 0 unspecified atom stereocenters. The minimum Gasteiger partial charge on any atom is -0.393 e. The average molecular weight is 407 g/mol. The van der Waals surface area contributed by atoms with Gasteiger partial charge in [-0.3, -0.25) is 4.90 Å². The summed E-state index contributed by atoms with van der Waals surface area (Å²) in [6.07, 6.45) is 2.74. The first-order chi connectivity index (χ1) is 14.7. The van der Waals surface area contributed by atoms with E-state index in [9.17, 15) is 5.11 Å². The molecule has 0 atom stereocenters. The lowest BCUT2D eigenvalue weighted by Gasteiger charge is -2.31. The second kappa shape index (κ2) is 10.1. The Kier molecular flexibility index (Phi) is 7.03. The molecule has 0 bridgehead atoms. The summed E-state index contributed by atoms with van der Waals surface area (Å²) in [6.45, 7) is 8.55. The predicted octanol–water partition coefficient (Wildman–Crippen LogP) is 3.17. The van der Waals surface area contributed by atoms with Crippen LogP contribution in [0.5, 0.6) is 0 Å². The Balaban J connectivity index is 1.36. The highest BCUT2D eigenvalue weighted by atomic mass is 16.3. The minimum atomic E-state index is -0.110. The third-order valence-electron chi connectivity index (χ3n) is 6.16. The van der Waals surface area contributed by atoms with E-state index < -0.39 is 0 Å². The van der Waals surface area contributed by atoms with Gasteiger partial charge in [-0.05, 0) is 48.4 Å². The van der Waals surface area contributed by atoms with E-state index >= 15 is 0 Å². The quantitative estimate of drug-likeness (QED) is 0.592. The Labute approximate surface area is 180 Å². The van der Waals surface area contributed by atoms with Gasteiger partial charge in [0.1, 0.15) is 0 Å². The third-order valence-corrected chi connectivity index (χ3v) is 6.16. The zero-order valence-electron chi connectivity index (χ0n) is 18.1. The van der Waals surface area contributed by atoms with Gasteiger partial charge in [0.05, 0.1) is 12.6 Å². The predicted molar refractivity (Wildman–Crippen MR) is 122 cm³/mol. The van der Waals surface area contributed by atoms with E-state index in [2.05, 4.69) is 70.6 Å². The number of hydrogen-bond donors (Lipinski definition) is 2. The zero-order chi connectivity index (χ0) is 20.8. The number of benzene rings is 2. The summed E-state index contributed by atoms with van der Waals surface area (Å²) < 4.78 is 0. The monoisotopic (exact) mass is 406 g/mol. The van der Waals surface area contributed by atoms with Crippen LogP contribution in [0.25, 0.3) is 0 Å². The van der Waals surface area contributed by atoms with Crippen LogP contribution in [-0.4, -0.2) is 53.1 Å². The van der Waals surface area contributed by atoms with Gasteiger partial charge in [0.2, 0.25) is 0 Å². The zero-order valence-corrected chi connectivity index (χ0v) is 18.1. The SMILES string of the molecule is CCNC(=NCc1ccc(CN2CCC(O)CC2)cc1)N1CCc2ccccc2C1. The molecule has 30 heavy (non-hydrogen) atoms. The molecule has 0 amide bonds.